The molecule has 1 aliphatic carbocycles. The van der Waals surface area contributed by atoms with Gasteiger partial charge in [0.2, 0.25) is 0 Å². The molecule has 1 atom stereocenters. The lowest BCUT2D eigenvalue weighted by Gasteiger charge is -2.12. The molecule has 0 bridgehead atoms. The summed E-state index contributed by atoms with van der Waals surface area (Å²) in [5, 5.41) is 0. The first-order valence-electron chi connectivity index (χ1n) is 6.61. The van der Waals surface area contributed by atoms with Crippen molar-refractivity contribution in [3.8, 4) is 11.4 Å². The second-order valence-electron chi connectivity index (χ2n) is 4.95. The van der Waals surface area contributed by atoms with Crippen LogP contribution >= 0.6 is 15.9 Å². The molecule has 1 aliphatic rings. The van der Waals surface area contributed by atoms with Crippen LogP contribution in [0.15, 0.2) is 34.9 Å². The maximum absolute atomic E-state index is 6.17. The van der Waals surface area contributed by atoms with Gasteiger partial charge in [-0.15, -0.1) is 0 Å². The first-order valence-corrected chi connectivity index (χ1v) is 7.40. The lowest BCUT2D eigenvalue weighted by atomic mass is 10.1. The third-order valence-electron chi connectivity index (χ3n) is 3.58. The largest absolute Gasteiger partial charge is 0.324 e. The molecule has 0 amide bonds. The third kappa shape index (κ3) is 2.69. The van der Waals surface area contributed by atoms with Crippen LogP contribution in [0, 0.1) is 0 Å². The zero-order valence-corrected chi connectivity index (χ0v) is 12.2. The number of hydrogen-bond donors (Lipinski definition) is 1. The van der Waals surface area contributed by atoms with Crippen molar-refractivity contribution in [1.82, 2.24) is 9.97 Å². The van der Waals surface area contributed by atoms with Crippen molar-refractivity contribution in [2.24, 2.45) is 5.73 Å². The summed E-state index contributed by atoms with van der Waals surface area (Å²) in [5.41, 5.74) is 9.46. The van der Waals surface area contributed by atoms with E-state index in [1.54, 1.807) is 0 Å². The number of aromatic nitrogens is 2. The van der Waals surface area contributed by atoms with E-state index < -0.39 is 0 Å². The summed E-state index contributed by atoms with van der Waals surface area (Å²) in [4.78, 5) is 9.19. The van der Waals surface area contributed by atoms with Crippen LogP contribution in [-0.4, -0.2) is 9.97 Å². The molecule has 0 aliphatic heterocycles. The minimum absolute atomic E-state index is 0.0940. The number of aryl methyl sites for hydroxylation is 1. The van der Waals surface area contributed by atoms with E-state index in [-0.39, 0.29) is 6.04 Å². The lowest BCUT2D eigenvalue weighted by Crippen LogP contribution is -2.12. The molecule has 2 N–H and O–H groups in total. The molecule has 0 radical (unpaired) electrons. The number of nitrogens with two attached hydrogens (primary N) is 1. The van der Waals surface area contributed by atoms with Gasteiger partial charge in [-0.05, 0) is 31.4 Å². The van der Waals surface area contributed by atoms with E-state index in [1.807, 2.05) is 30.5 Å². The van der Waals surface area contributed by atoms with Gasteiger partial charge in [0.25, 0.3) is 0 Å². The Kier molecular flexibility index (Phi) is 3.62. The highest BCUT2D eigenvalue weighted by Gasteiger charge is 2.17. The Balaban J connectivity index is 2.01. The molecule has 1 aromatic carbocycles. The third-order valence-corrected chi connectivity index (χ3v) is 4.11. The summed E-state index contributed by atoms with van der Waals surface area (Å²) in [5.74, 6) is 0.792. The number of nitrogens with zero attached hydrogens (tertiary/aromatic N) is 2. The highest BCUT2D eigenvalue weighted by molar-refractivity contribution is 9.10. The number of hydrogen-bond acceptors (Lipinski definition) is 3. The summed E-state index contributed by atoms with van der Waals surface area (Å²) >= 11 is 3.44. The Morgan fingerprint density at radius 3 is 2.74 bits per heavy atom. The molecule has 1 unspecified atom stereocenters. The quantitative estimate of drug-likeness (QED) is 0.817. The molecule has 1 heterocycles. The highest BCUT2D eigenvalue weighted by Crippen LogP contribution is 2.27. The molecule has 0 spiro atoms. The molecular weight excluding hydrogens is 302 g/mol. The molecule has 19 heavy (non-hydrogen) atoms. The molecule has 0 fully saturated rings. The first kappa shape index (κ1) is 12.8. The fraction of sp³-hybridized carbons (Fsp3) is 0.333. The number of rotatable bonds is 1. The maximum atomic E-state index is 6.17. The van der Waals surface area contributed by atoms with E-state index in [9.17, 15) is 0 Å². The van der Waals surface area contributed by atoms with Crippen LogP contribution in [0.2, 0.25) is 0 Å². The number of halogens is 1. The maximum Gasteiger partial charge on any atom is 0.159 e. The molecule has 3 rings (SSSR count). The zero-order valence-electron chi connectivity index (χ0n) is 10.6. The molecule has 3 nitrogen and oxygen atoms in total. The van der Waals surface area contributed by atoms with E-state index in [2.05, 4.69) is 20.9 Å². The van der Waals surface area contributed by atoms with Crippen molar-refractivity contribution in [1.29, 1.82) is 0 Å². The summed E-state index contributed by atoms with van der Waals surface area (Å²) in [6.07, 6.45) is 6.29. The van der Waals surface area contributed by atoms with Gasteiger partial charge in [0.1, 0.15) is 0 Å². The molecule has 0 saturated heterocycles. The van der Waals surface area contributed by atoms with Crippen LogP contribution in [-0.2, 0) is 6.42 Å². The zero-order chi connectivity index (χ0) is 13.2. The predicted octanol–water partition coefficient (Wildman–Crippen LogP) is 3.63. The van der Waals surface area contributed by atoms with Crippen LogP contribution in [0.1, 0.15) is 36.6 Å². The normalized spacial score (nSPS) is 18.7. The second-order valence-corrected chi connectivity index (χ2v) is 5.87. The van der Waals surface area contributed by atoms with Gasteiger partial charge < -0.3 is 5.73 Å². The Morgan fingerprint density at radius 2 is 1.95 bits per heavy atom. The van der Waals surface area contributed by atoms with E-state index in [0.29, 0.717) is 0 Å². The lowest BCUT2D eigenvalue weighted by molar-refractivity contribution is 0.614. The highest BCUT2D eigenvalue weighted by atomic mass is 79.9. The molecule has 0 saturated carbocycles. The van der Waals surface area contributed by atoms with Crippen molar-refractivity contribution in [2.75, 3.05) is 0 Å². The fourth-order valence-corrected chi connectivity index (χ4v) is 2.75. The van der Waals surface area contributed by atoms with Gasteiger partial charge in [0, 0.05) is 33.5 Å². The van der Waals surface area contributed by atoms with E-state index in [4.69, 9.17) is 10.7 Å². The first-order chi connectivity index (χ1) is 9.24. The van der Waals surface area contributed by atoms with Gasteiger partial charge in [0.05, 0.1) is 0 Å². The summed E-state index contributed by atoms with van der Waals surface area (Å²) in [6, 6.07) is 8.17. The minimum Gasteiger partial charge on any atom is -0.324 e. The van der Waals surface area contributed by atoms with Gasteiger partial charge >= 0.3 is 0 Å². The summed E-state index contributed by atoms with van der Waals surface area (Å²) in [6.45, 7) is 0. The van der Waals surface area contributed by atoms with E-state index in [0.717, 1.165) is 46.4 Å². The van der Waals surface area contributed by atoms with Gasteiger partial charge in [-0.2, -0.15) is 0 Å². The molecular formula is C15H16BrN3. The van der Waals surface area contributed by atoms with E-state index in [1.165, 1.54) is 6.42 Å². The topological polar surface area (TPSA) is 51.8 Å². The van der Waals surface area contributed by atoms with E-state index >= 15 is 0 Å². The van der Waals surface area contributed by atoms with Gasteiger partial charge in [-0.3, -0.25) is 0 Å². The Bertz CT molecular complexity index is 580. The average Bonchev–Trinajstić information content (AvgIpc) is 2.61. The molecule has 98 valence electrons. The molecule has 1 aromatic heterocycles. The van der Waals surface area contributed by atoms with Crippen molar-refractivity contribution >= 4 is 15.9 Å². The van der Waals surface area contributed by atoms with Crippen molar-refractivity contribution < 1.29 is 0 Å². The van der Waals surface area contributed by atoms with Gasteiger partial charge in [0.15, 0.2) is 5.82 Å². The summed E-state index contributed by atoms with van der Waals surface area (Å²) < 4.78 is 1.06. The SMILES string of the molecule is NC1CCCCc2nc(-c3ccc(Br)cc3)ncc21. The number of benzene rings is 1. The Morgan fingerprint density at radius 1 is 1.16 bits per heavy atom. The Hall–Kier alpha value is -1.26. The molecule has 4 heteroatoms. The van der Waals surface area contributed by atoms with Crippen molar-refractivity contribution in [3.63, 3.8) is 0 Å². The van der Waals surface area contributed by atoms with Crippen LogP contribution in [0.3, 0.4) is 0 Å². The predicted molar refractivity (Wildman–Crippen MR) is 79.7 cm³/mol. The minimum atomic E-state index is 0.0940. The smallest absolute Gasteiger partial charge is 0.159 e. The standard InChI is InChI=1S/C15H16BrN3/c16-11-7-5-10(6-8-11)15-18-9-12-13(17)3-1-2-4-14(12)19-15/h5-9,13H,1-4,17H2. The van der Waals surface area contributed by atoms with Crippen molar-refractivity contribution in [2.45, 2.75) is 31.7 Å². The fourth-order valence-electron chi connectivity index (χ4n) is 2.49. The number of fused-ring (bicyclic) bond motifs is 1. The van der Waals surface area contributed by atoms with Gasteiger partial charge in [-0.1, -0.05) is 34.5 Å². The second kappa shape index (κ2) is 5.39. The monoisotopic (exact) mass is 317 g/mol. The molecule has 2 aromatic rings. The summed E-state index contributed by atoms with van der Waals surface area (Å²) in [7, 11) is 0. The average molecular weight is 318 g/mol. The van der Waals surface area contributed by atoms with Gasteiger partial charge in [-0.25, -0.2) is 9.97 Å². The van der Waals surface area contributed by atoms with Crippen LogP contribution in [0.4, 0.5) is 0 Å². The Labute approximate surface area is 121 Å². The van der Waals surface area contributed by atoms with Crippen molar-refractivity contribution in [3.05, 3.63) is 46.2 Å². The van der Waals surface area contributed by atoms with Crippen LogP contribution in [0.25, 0.3) is 11.4 Å². The van der Waals surface area contributed by atoms with Crippen LogP contribution < -0.4 is 5.73 Å². The van der Waals surface area contributed by atoms with Crippen LogP contribution in [0.5, 0.6) is 0 Å².